The summed E-state index contributed by atoms with van der Waals surface area (Å²) in [5.41, 5.74) is 0.562. The van der Waals surface area contributed by atoms with Crippen molar-refractivity contribution in [3.05, 3.63) is 35.6 Å². The molecule has 1 N–H and O–H groups in total. The number of carbonyl (C=O) groups is 1. The zero-order valence-electron chi connectivity index (χ0n) is 12.4. The summed E-state index contributed by atoms with van der Waals surface area (Å²) in [6.45, 7) is 4.91. The third-order valence-electron chi connectivity index (χ3n) is 4.25. The predicted molar refractivity (Wildman–Crippen MR) is 77.8 cm³/mol. The standard InChI is InChI=1S/C16H23FN2O/c1-11-8-9-18-15(10-11)16(20)19(3)12(2)13-6-4-5-7-14(13)17/h4-7,11-12,15,18H,8-10H2,1-3H3. The smallest absolute Gasteiger partial charge is 0.239 e. The molecular formula is C16H23FN2O. The van der Waals surface area contributed by atoms with E-state index in [-0.39, 0.29) is 23.8 Å². The van der Waals surface area contributed by atoms with Crippen LogP contribution in [-0.4, -0.2) is 30.4 Å². The first-order valence-corrected chi connectivity index (χ1v) is 7.25. The number of piperidine rings is 1. The fraction of sp³-hybridized carbons (Fsp3) is 0.562. The molecule has 1 aromatic rings. The molecule has 110 valence electrons. The second kappa shape index (κ2) is 6.35. The molecule has 1 amide bonds. The topological polar surface area (TPSA) is 32.3 Å². The Bertz CT molecular complexity index is 477. The van der Waals surface area contributed by atoms with Crippen LogP contribution in [0.15, 0.2) is 24.3 Å². The van der Waals surface area contributed by atoms with E-state index >= 15 is 0 Å². The van der Waals surface area contributed by atoms with E-state index in [1.807, 2.05) is 6.92 Å². The molecule has 1 saturated heterocycles. The number of benzene rings is 1. The van der Waals surface area contributed by atoms with Gasteiger partial charge in [-0.1, -0.05) is 25.1 Å². The van der Waals surface area contributed by atoms with Gasteiger partial charge in [0.25, 0.3) is 0 Å². The van der Waals surface area contributed by atoms with Crippen LogP contribution in [0.4, 0.5) is 4.39 Å². The Morgan fingerprint density at radius 2 is 2.15 bits per heavy atom. The maximum absolute atomic E-state index is 13.8. The highest BCUT2D eigenvalue weighted by Crippen LogP contribution is 2.24. The van der Waals surface area contributed by atoms with Gasteiger partial charge in [-0.3, -0.25) is 4.79 Å². The van der Waals surface area contributed by atoms with Crippen molar-refractivity contribution in [1.29, 1.82) is 0 Å². The van der Waals surface area contributed by atoms with Crippen LogP contribution in [0.2, 0.25) is 0 Å². The predicted octanol–water partition coefficient (Wildman–Crippen LogP) is 2.73. The number of nitrogens with zero attached hydrogens (tertiary/aromatic N) is 1. The minimum atomic E-state index is -0.261. The molecule has 20 heavy (non-hydrogen) atoms. The van der Waals surface area contributed by atoms with Crippen LogP contribution in [0.25, 0.3) is 0 Å². The first kappa shape index (κ1) is 15.0. The lowest BCUT2D eigenvalue weighted by molar-refractivity contribution is -0.135. The van der Waals surface area contributed by atoms with Crippen molar-refractivity contribution >= 4 is 5.91 Å². The molecule has 1 fully saturated rings. The van der Waals surface area contributed by atoms with E-state index in [2.05, 4.69) is 12.2 Å². The minimum absolute atomic E-state index is 0.0484. The highest BCUT2D eigenvalue weighted by atomic mass is 19.1. The van der Waals surface area contributed by atoms with Crippen LogP contribution in [0.1, 0.15) is 38.3 Å². The van der Waals surface area contributed by atoms with E-state index in [0.29, 0.717) is 11.5 Å². The van der Waals surface area contributed by atoms with Crippen LogP contribution in [0.5, 0.6) is 0 Å². The number of hydrogen-bond acceptors (Lipinski definition) is 2. The molecule has 3 nitrogen and oxygen atoms in total. The van der Waals surface area contributed by atoms with E-state index in [4.69, 9.17) is 0 Å². The number of likely N-dealkylation sites (N-methyl/N-ethyl adjacent to an activating group) is 1. The van der Waals surface area contributed by atoms with Gasteiger partial charge in [0, 0.05) is 12.6 Å². The lowest BCUT2D eigenvalue weighted by Gasteiger charge is -2.33. The lowest BCUT2D eigenvalue weighted by atomic mass is 9.93. The van der Waals surface area contributed by atoms with Crippen molar-refractivity contribution in [3.63, 3.8) is 0 Å². The number of carbonyl (C=O) groups excluding carboxylic acids is 1. The maximum atomic E-state index is 13.8. The van der Waals surface area contributed by atoms with Crippen molar-refractivity contribution in [2.24, 2.45) is 5.92 Å². The molecule has 3 unspecified atom stereocenters. The van der Waals surface area contributed by atoms with Gasteiger partial charge >= 0.3 is 0 Å². The summed E-state index contributed by atoms with van der Waals surface area (Å²) in [6, 6.07) is 6.23. The number of rotatable bonds is 3. The Morgan fingerprint density at radius 1 is 1.45 bits per heavy atom. The zero-order valence-corrected chi connectivity index (χ0v) is 12.4. The second-order valence-electron chi connectivity index (χ2n) is 5.78. The van der Waals surface area contributed by atoms with Gasteiger partial charge < -0.3 is 10.2 Å². The Kier molecular flexibility index (Phi) is 4.76. The highest BCUT2D eigenvalue weighted by Gasteiger charge is 2.29. The quantitative estimate of drug-likeness (QED) is 0.922. The Balaban J connectivity index is 2.08. The van der Waals surface area contributed by atoms with E-state index < -0.39 is 0 Å². The minimum Gasteiger partial charge on any atom is -0.338 e. The molecule has 0 aliphatic carbocycles. The van der Waals surface area contributed by atoms with Gasteiger partial charge in [-0.25, -0.2) is 4.39 Å². The van der Waals surface area contributed by atoms with Crippen LogP contribution >= 0.6 is 0 Å². The third-order valence-corrected chi connectivity index (χ3v) is 4.25. The summed E-state index contributed by atoms with van der Waals surface area (Å²) in [5.74, 6) is 0.347. The van der Waals surface area contributed by atoms with Crippen molar-refractivity contribution in [1.82, 2.24) is 10.2 Å². The van der Waals surface area contributed by atoms with Crippen molar-refractivity contribution in [2.75, 3.05) is 13.6 Å². The molecule has 0 radical (unpaired) electrons. The Hall–Kier alpha value is -1.42. The highest BCUT2D eigenvalue weighted by molar-refractivity contribution is 5.82. The van der Waals surface area contributed by atoms with Crippen LogP contribution in [0, 0.1) is 11.7 Å². The maximum Gasteiger partial charge on any atom is 0.239 e. The van der Waals surface area contributed by atoms with Crippen LogP contribution < -0.4 is 5.32 Å². The number of nitrogens with one attached hydrogen (secondary N) is 1. The molecule has 1 aliphatic rings. The average Bonchev–Trinajstić information content (AvgIpc) is 2.45. The van der Waals surface area contributed by atoms with E-state index in [1.54, 1.807) is 30.1 Å². The van der Waals surface area contributed by atoms with Crippen LogP contribution in [-0.2, 0) is 4.79 Å². The van der Waals surface area contributed by atoms with Gasteiger partial charge in [0.1, 0.15) is 5.82 Å². The van der Waals surface area contributed by atoms with Crippen molar-refractivity contribution in [3.8, 4) is 0 Å². The molecule has 0 bridgehead atoms. The lowest BCUT2D eigenvalue weighted by Crippen LogP contribution is -2.49. The summed E-state index contributed by atoms with van der Waals surface area (Å²) in [5, 5.41) is 3.27. The van der Waals surface area contributed by atoms with E-state index in [1.165, 1.54) is 6.07 Å². The monoisotopic (exact) mass is 278 g/mol. The SMILES string of the molecule is CC1CCNC(C(=O)N(C)C(C)c2ccccc2F)C1. The first-order valence-electron chi connectivity index (χ1n) is 7.25. The van der Waals surface area contributed by atoms with Gasteiger partial charge in [0.15, 0.2) is 0 Å². The summed E-state index contributed by atoms with van der Waals surface area (Å²) >= 11 is 0. The molecule has 0 aromatic heterocycles. The van der Waals surface area contributed by atoms with Crippen LogP contribution in [0.3, 0.4) is 0 Å². The van der Waals surface area contributed by atoms with E-state index in [0.717, 1.165) is 19.4 Å². The fourth-order valence-corrected chi connectivity index (χ4v) is 2.75. The number of halogens is 1. The summed E-state index contributed by atoms with van der Waals surface area (Å²) < 4.78 is 13.8. The van der Waals surface area contributed by atoms with Gasteiger partial charge in [-0.05, 0) is 38.3 Å². The molecule has 3 atom stereocenters. The molecule has 0 saturated carbocycles. The molecule has 1 heterocycles. The van der Waals surface area contributed by atoms with E-state index in [9.17, 15) is 9.18 Å². The summed E-state index contributed by atoms with van der Waals surface area (Å²) in [6.07, 6.45) is 1.96. The summed E-state index contributed by atoms with van der Waals surface area (Å²) in [4.78, 5) is 14.2. The molecular weight excluding hydrogens is 255 g/mol. The average molecular weight is 278 g/mol. The fourth-order valence-electron chi connectivity index (χ4n) is 2.75. The number of hydrogen-bond donors (Lipinski definition) is 1. The van der Waals surface area contributed by atoms with Gasteiger partial charge in [0.05, 0.1) is 12.1 Å². The number of amides is 1. The first-order chi connectivity index (χ1) is 9.50. The Labute approximate surface area is 120 Å². The third kappa shape index (κ3) is 3.18. The zero-order chi connectivity index (χ0) is 14.7. The normalized spacial score (nSPS) is 24.2. The van der Waals surface area contributed by atoms with Crippen molar-refractivity contribution < 1.29 is 9.18 Å². The molecule has 2 rings (SSSR count). The molecule has 1 aromatic carbocycles. The summed E-state index contributed by atoms with van der Waals surface area (Å²) in [7, 11) is 1.75. The molecule has 0 spiro atoms. The van der Waals surface area contributed by atoms with Gasteiger partial charge in [-0.2, -0.15) is 0 Å². The van der Waals surface area contributed by atoms with Gasteiger partial charge in [-0.15, -0.1) is 0 Å². The largest absolute Gasteiger partial charge is 0.338 e. The van der Waals surface area contributed by atoms with Gasteiger partial charge in [0.2, 0.25) is 5.91 Å². The Morgan fingerprint density at radius 3 is 2.80 bits per heavy atom. The molecule has 4 heteroatoms. The second-order valence-corrected chi connectivity index (χ2v) is 5.78. The van der Waals surface area contributed by atoms with Crippen molar-refractivity contribution in [2.45, 2.75) is 38.8 Å². The molecule has 1 aliphatic heterocycles.